The monoisotopic (exact) mass is 297 g/mol. The zero-order valence-corrected chi connectivity index (χ0v) is 13.6. The van der Waals surface area contributed by atoms with Crippen LogP contribution >= 0.6 is 0 Å². The second-order valence-electron chi connectivity index (χ2n) is 5.68. The van der Waals surface area contributed by atoms with Crippen molar-refractivity contribution in [3.63, 3.8) is 0 Å². The summed E-state index contributed by atoms with van der Waals surface area (Å²) in [5.74, 6) is 0.994. The molecule has 0 fully saturated rings. The van der Waals surface area contributed by atoms with E-state index in [-0.39, 0.29) is 0 Å². The molecular weight excluding hydrogens is 270 g/mol. The third kappa shape index (κ3) is 6.25. The van der Waals surface area contributed by atoms with Gasteiger partial charge in [-0.15, -0.1) is 0 Å². The second kappa shape index (κ2) is 9.93. The molecule has 2 aromatic rings. The first kappa shape index (κ1) is 16.5. The van der Waals surface area contributed by atoms with Crippen LogP contribution in [0.5, 0.6) is 0 Å². The molecule has 0 atom stereocenters. The van der Waals surface area contributed by atoms with Gasteiger partial charge < -0.3 is 5.32 Å². The zero-order valence-electron chi connectivity index (χ0n) is 13.6. The number of pyridine rings is 2. The van der Waals surface area contributed by atoms with Gasteiger partial charge in [0.1, 0.15) is 5.82 Å². The SMILES string of the molecule is CCCCCCc1cccc(NCCCc2ccccn2)n1. The van der Waals surface area contributed by atoms with E-state index >= 15 is 0 Å². The number of anilines is 1. The highest BCUT2D eigenvalue weighted by Crippen LogP contribution is 2.10. The summed E-state index contributed by atoms with van der Waals surface area (Å²) >= 11 is 0. The minimum absolute atomic E-state index is 0.933. The molecule has 2 rings (SSSR count). The van der Waals surface area contributed by atoms with Gasteiger partial charge in [0.05, 0.1) is 0 Å². The van der Waals surface area contributed by atoms with Gasteiger partial charge in [-0.25, -0.2) is 4.98 Å². The topological polar surface area (TPSA) is 37.8 Å². The van der Waals surface area contributed by atoms with Crippen molar-refractivity contribution in [2.24, 2.45) is 0 Å². The average molecular weight is 297 g/mol. The fraction of sp³-hybridized carbons (Fsp3) is 0.474. The van der Waals surface area contributed by atoms with Gasteiger partial charge in [0.2, 0.25) is 0 Å². The van der Waals surface area contributed by atoms with Crippen molar-refractivity contribution in [2.75, 3.05) is 11.9 Å². The minimum Gasteiger partial charge on any atom is -0.370 e. The Bertz CT molecular complexity index is 525. The maximum absolute atomic E-state index is 4.69. The Morgan fingerprint density at radius 3 is 2.55 bits per heavy atom. The summed E-state index contributed by atoms with van der Waals surface area (Å²) in [6.45, 7) is 3.18. The highest BCUT2D eigenvalue weighted by atomic mass is 15.0. The quantitative estimate of drug-likeness (QED) is 0.649. The smallest absolute Gasteiger partial charge is 0.126 e. The van der Waals surface area contributed by atoms with Crippen molar-refractivity contribution in [2.45, 2.75) is 51.9 Å². The van der Waals surface area contributed by atoms with Gasteiger partial charge in [-0.05, 0) is 49.9 Å². The average Bonchev–Trinajstić information content (AvgIpc) is 2.57. The fourth-order valence-corrected chi connectivity index (χ4v) is 2.48. The van der Waals surface area contributed by atoms with Gasteiger partial charge in [0, 0.05) is 24.1 Å². The second-order valence-corrected chi connectivity index (χ2v) is 5.68. The Morgan fingerprint density at radius 2 is 1.73 bits per heavy atom. The standard InChI is InChI=1S/C19H27N3/c1-2-3-4-5-11-18-12-8-14-19(22-18)21-16-9-13-17-10-6-7-15-20-17/h6-8,10,12,14-15H,2-5,9,11,13,16H2,1H3,(H,21,22). The van der Waals surface area contributed by atoms with Crippen LogP contribution in [0.25, 0.3) is 0 Å². The van der Waals surface area contributed by atoms with Crippen LogP contribution in [0.15, 0.2) is 42.6 Å². The Kier molecular flexibility index (Phi) is 7.44. The molecule has 3 nitrogen and oxygen atoms in total. The van der Waals surface area contributed by atoms with E-state index in [2.05, 4.69) is 46.5 Å². The molecule has 0 bridgehead atoms. The molecule has 0 saturated heterocycles. The van der Waals surface area contributed by atoms with Crippen LogP contribution in [0, 0.1) is 0 Å². The maximum Gasteiger partial charge on any atom is 0.126 e. The summed E-state index contributed by atoms with van der Waals surface area (Å²) in [4.78, 5) is 9.03. The van der Waals surface area contributed by atoms with E-state index in [1.165, 1.54) is 31.4 Å². The molecule has 0 aliphatic rings. The molecule has 22 heavy (non-hydrogen) atoms. The fourth-order valence-electron chi connectivity index (χ4n) is 2.48. The van der Waals surface area contributed by atoms with Crippen molar-refractivity contribution in [3.8, 4) is 0 Å². The third-order valence-electron chi connectivity index (χ3n) is 3.74. The molecule has 0 spiro atoms. The molecule has 2 heterocycles. The summed E-state index contributed by atoms with van der Waals surface area (Å²) in [6.07, 6.45) is 10.2. The van der Waals surface area contributed by atoms with Gasteiger partial charge in [-0.2, -0.15) is 0 Å². The Labute approximate surface area is 134 Å². The molecule has 1 N–H and O–H groups in total. The van der Waals surface area contributed by atoms with Crippen molar-refractivity contribution >= 4 is 5.82 Å². The van der Waals surface area contributed by atoms with E-state index < -0.39 is 0 Å². The van der Waals surface area contributed by atoms with E-state index in [0.717, 1.165) is 37.3 Å². The number of aryl methyl sites for hydroxylation is 2. The van der Waals surface area contributed by atoms with Crippen LogP contribution in [0.2, 0.25) is 0 Å². The van der Waals surface area contributed by atoms with Crippen molar-refractivity contribution in [3.05, 3.63) is 54.0 Å². The highest BCUT2D eigenvalue weighted by molar-refractivity contribution is 5.35. The molecule has 0 aliphatic carbocycles. The molecule has 3 heteroatoms. The van der Waals surface area contributed by atoms with Crippen LogP contribution in [-0.4, -0.2) is 16.5 Å². The van der Waals surface area contributed by atoms with Gasteiger partial charge in [0.25, 0.3) is 0 Å². The van der Waals surface area contributed by atoms with E-state index in [1.54, 1.807) is 0 Å². The molecule has 0 saturated carbocycles. The number of nitrogens with one attached hydrogen (secondary N) is 1. The number of rotatable bonds is 10. The van der Waals surface area contributed by atoms with E-state index in [9.17, 15) is 0 Å². The lowest BCUT2D eigenvalue weighted by atomic mass is 10.1. The van der Waals surface area contributed by atoms with Crippen LogP contribution in [0.4, 0.5) is 5.82 Å². The maximum atomic E-state index is 4.69. The lowest BCUT2D eigenvalue weighted by Gasteiger charge is -2.07. The van der Waals surface area contributed by atoms with Crippen molar-refractivity contribution in [1.82, 2.24) is 9.97 Å². The van der Waals surface area contributed by atoms with Crippen molar-refractivity contribution < 1.29 is 0 Å². The molecule has 0 aromatic carbocycles. The van der Waals surface area contributed by atoms with Gasteiger partial charge in [-0.1, -0.05) is 38.3 Å². The first-order chi connectivity index (χ1) is 10.9. The summed E-state index contributed by atoms with van der Waals surface area (Å²) in [6, 6.07) is 12.4. The van der Waals surface area contributed by atoms with E-state index in [0.29, 0.717) is 0 Å². The molecule has 0 aliphatic heterocycles. The lowest BCUT2D eigenvalue weighted by molar-refractivity contribution is 0.661. The number of nitrogens with zero attached hydrogens (tertiary/aromatic N) is 2. The van der Waals surface area contributed by atoms with Gasteiger partial charge >= 0.3 is 0 Å². The minimum atomic E-state index is 0.933. The first-order valence-corrected chi connectivity index (χ1v) is 8.48. The van der Waals surface area contributed by atoms with Crippen LogP contribution in [0.3, 0.4) is 0 Å². The molecule has 118 valence electrons. The molecular formula is C19H27N3. The molecule has 0 unspecified atom stereocenters. The van der Waals surface area contributed by atoms with Crippen molar-refractivity contribution in [1.29, 1.82) is 0 Å². The van der Waals surface area contributed by atoms with E-state index in [4.69, 9.17) is 0 Å². The summed E-state index contributed by atoms with van der Waals surface area (Å²) in [7, 11) is 0. The zero-order chi connectivity index (χ0) is 15.5. The Hall–Kier alpha value is -1.90. The summed E-state index contributed by atoms with van der Waals surface area (Å²) in [5, 5.41) is 3.42. The molecule has 2 aromatic heterocycles. The number of aromatic nitrogens is 2. The third-order valence-corrected chi connectivity index (χ3v) is 3.74. The molecule has 0 radical (unpaired) electrons. The van der Waals surface area contributed by atoms with E-state index in [1.807, 2.05) is 18.3 Å². The van der Waals surface area contributed by atoms with Gasteiger partial charge in [0.15, 0.2) is 0 Å². The van der Waals surface area contributed by atoms with Gasteiger partial charge in [-0.3, -0.25) is 4.98 Å². The molecule has 0 amide bonds. The lowest BCUT2D eigenvalue weighted by Crippen LogP contribution is -2.06. The predicted octanol–water partition coefficient (Wildman–Crippen LogP) is 4.64. The predicted molar refractivity (Wildman–Crippen MR) is 93.1 cm³/mol. The highest BCUT2D eigenvalue weighted by Gasteiger charge is 1.99. The van der Waals surface area contributed by atoms with Crippen LogP contribution in [-0.2, 0) is 12.8 Å². The van der Waals surface area contributed by atoms with Crippen LogP contribution < -0.4 is 5.32 Å². The normalized spacial score (nSPS) is 10.6. The summed E-state index contributed by atoms with van der Waals surface area (Å²) < 4.78 is 0. The Morgan fingerprint density at radius 1 is 0.864 bits per heavy atom. The number of unbranched alkanes of at least 4 members (excludes halogenated alkanes) is 3. The number of hydrogen-bond donors (Lipinski definition) is 1. The van der Waals surface area contributed by atoms with Crippen LogP contribution in [0.1, 0.15) is 50.4 Å². The Balaban J connectivity index is 1.69. The number of hydrogen-bond acceptors (Lipinski definition) is 3. The largest absolute Gasteiger partial charge is 0.370 e. The first-order valence-electron chi connectivity index (χ1n) is 8.48. The summed E-state index contributed by atoms with van der Waals surface area (Å²) in [5.41, 5.74) is 2.35.